The Morgan fingerprint density at radius 2 is 1.95 bits per heavy atom. The van der Waals surface area contributed by atoms with Crippen LogP contribution in [-0.4, -0.2) is 31.1 Å². The zero-order valence-electron chi connectivity index (χ0n) is 11.7. The van der Waals surface area contributed by atoms with Gasteiger partial charge in [-0.3, -0.25) is 0 Å². The molecule has 1 aromatic carbocycles. The minimum atomic E-state index is -0.613. The lowest BCUT2D eigenvalue weighted by Crippen LogP contribution is -2.34. The monoisotopic (exact) mass is 276 g/mol. The number of methoxy groups -OCH3 is 1. The second kappa shape index (κ2) is 5.54. The first-order valence-corrected chi connectivity index (χ1v) is 7.20. The fourth-order valence-electron chi connectivity index (χ4n) is 3.13. The molecule has 4 heteroatoms. The molecule has 2 fully saturated rings. The quantitative estimate of drug-likeness (QED) is 0.796. The van der Waals surface area contributed by atoms with Crippen LogP contribution in [0, 0.1) is 0 Å². The first kappa shape index (κ1) is 13.6. The molecule has 0 radical (unpaired) electrons. The lowest BCUT2D eigenvalue weighted by atomic mass is 10.0. The van der Waals surface area contributed by atoms with Crippen molar-refractivity contribution in [2.75, 3.05) is 7.11 Å². The number of carbonyl (C=O) groups excluding carboxylic acids is 1. The average molecular weight is 276 g/mol. The Balaban J connectivity index is 1.77. The normalized spacial score (nSPS) is 27.9. The molecule has 108 valence electrons. The van der Waals surface area contributed by atoms with Crippen LogP contribution >= 0.6 is 0 Å². The number of carbonyl (C=O) groups is 1. The summed E-state index contributed by atoms with van der Waals surface area (Å²) in [6.07, 6.45) is 3.71. The molecule has 2 unspecified atom stereocenters. The molecule has 0 bridgehead atoms. The Morgan fingerprint density at radius 3 is 2.60 bits per heavy atom. The number of rotatable bonds is 3. The summed E-state index contributed by atoms with van der Waals surface area (Å²) in [4.78, 5) is 11.9. The minimum absolute atomic E-state index is 0.261. The van der Waals surface area contributed by atoms with E-state index < -0.39 is 11.9 Å². The Labute approximate surface area is 119 Å². The molecule has 2 aliphatic rings. The number of hydrogen-bond donors (Lipinski definition) is 0. The van der Waals surface area contributed by atoms with E-state index in [2.05, 4.69) is 0 Å². The lowest BCUT2D eigenvalue weighted by Gasteiger charge is -2.21. The van der Waals surface area contributed by atoms with Crippen molar-refractivity contribution in [3.63, 3.8) is 0 Å². The van der Waals surface area contributed by atoms with Crippen molar-refractivity contribution in [3.8, 4) is 0 Å². The van der Waals surface area contributed by atoms with Gasteiger partial charge >= 0.3 is 5.97 Å². The van der Waals surface area contributed by atoms with Gasteiger partial charge in [-0.05, 0) is 18.4 Å². The largest absolute Gasteiger partial charge is 0.467 e. The van der Waals surface area contributed by atoms with Gasteiger partial charge in [0.25, 0.3) is 0 Å². The lowest BCUT2D eigenvalue weighted by molar-refractivity contribution is -0.180. The molecule has 1 heterocycles. The Bertz CT molecular complexity index is 465. The Kier molecular flexibility index (Phi) is 3.76. The van der Waals surface area contributed by atoms with Gasteiger partial charge in [0.2, 0.25) is 0 Å². The topological polar surface area (TPSA) is 44.8 Å². The predicted octanol–water partition coefficient (Wildman–Crippen LogP) is 2.46. The summed E-state index contributed by atoms with van der Waals surface area (Å²) >= 11 is 0. The van der Waals surface area contributed by atoms with Gasteiger partial charge in [0, 0.05) is 19.3 Å². The highest BCUT2D eigenvalue weighted by atomic mass is 16.8. The number of esters is 1. The van der Waals surface area contributed by atoms with Gasteiger partial charge in [-0.25, -0.2) is 4.79 Å². The average Bonchev–Trinajstić information content (AvgIpc) is 3.07. The van der Waals surface area contributed by atoms with E-state index >= 15 is 0 Å². The van der Waals surface area contributed by atoms with Gasteiger partial charge in [0.15, 0.2) is 11.9 Å². The van der Waals surface area contributed by atoms with Crippen molar-refractivity contribution in [3.05, 3.63) is 35.9 Å². The fraction of sp³-hybridized carbons (Fsp3) is 0.562. The molecule has 4 nitrogen and oxygen atoms in total. The second-order valence-electron chi connectivity index (χ2n) is 5.53. The fourth-order valence-corrected chi connectivity index (χ4v) is 3.13. The van der Waals surface area contributed by atoms with Gasteiger partial charge in [-0.1, -0.05) is 30.3 Å². The van der Waals surface area contributed by atoms with E-state index in [4.69, 9.17) is 14.2 Å². The van der Waals surface area contributed by atoms with E-state index in [1.165, 1.54) is 7.11 Å². The van der Waals surface area contributed by atoms with E-state index in [1.54, 1.807) is 0 Å². The third-order valence-corrected chi connectivity index (χ3v) is 4.12. The van der Waals surface area contributed by atoms with Crippen molar-refractivity contribution in [2.45, 2.75) is 50.1 Å². The van der Waals surface area contributed by atoms with Crippen molar-refractivity contribution < 1.29 is 19.0 Å². The summed E-state index contributed by atoms with van der Waals surface area (Å²) in [5.41, 5.74) is 1.14. The highest BCUT2D eigenvalue weighted by Crippen LogP contribution is 2.42. The van der Waals surface area contributed by atoms with Gasteiger partial charge in [0.1, 0.15) is 6.10 Å². The number of hydrogen-bond acceptors (Lipinski definition) is 4. The van der Waals surface area contributed by atoms with Crippen LogP contribution in [0.5, 0.6) is 0 Å². The smallest absolute Gasteiger partial charge is 0.337 e. The highest BCUT2D eigenvalue weighted by Gasteiger charge is 2.51. The van der Waals surface area contributed by atoms with Crippen molar-refractivity contribution in [2.24, 2.45) is 0 Å². The molecular formula is C16H20O4. The highest BCUT2D eigenvalue weighted by molar-refractivity contribution is 5.75. The van der Waals surface area contributed by atoms with E-state index in [-0.39, 0.29) is 12.1 Å². The van der Waals surface area contributed by atoms with Crippen LogP contribution in [0.3, 0.4) is 0 Å². The minimum Gasteiger partial charge on any atom is -0.467 e. The summed E-state index contributed by atoms with van der Waals surface area (Å²) in [6.45, 7) is 0. The van der Waals surface area contributed by atoms with Crippen LogP contribution in [-0.2, 0) is 25.4 Å². The zero-order chi connectivity index (χ0) is 14.0. The molecule has 1 aliphatic heterocycles. The van der Waals surface area contributed by atoms with E-state index in [9.17, 15) is 4.79 Å². The first-order valence-electron chi connectivity index (χ1n) is 7.20. The molecule has 1 spiro atoms. The van der Waals surface area contributed by atoms with E-state index in [0.717, 1.165) is 31.2 Å². The van der Waals surface area contributed by atoms with Gasteiger partial charge < -0.3 is 14.2 Å². The molecular weight excluding hydrogens is 256 g/mol. The zero-order valence-corrected chi connectivity index (χ0v) is 11.7. The third kappa shape index (κ3) is 2.58. The molecule has 1 saturated carbocycles. The van der Waals surface area contributed by atoms with Gasteiger partial charge in [0.05, 0.1) is 7.11 Å². The summed E-state index contributed by atoms with van der Waals surface area (Å²) in [6, 6.07) is 10.0. The van der Waals surface area contributed by atoms with Crippen LogP contribution < -0.4 is 0 Å². The van der Waals surface area contributed by atoms with Gasteiger partial charge in [-0.2, -0.15) is 0 Å². The standard InChI is InChI=1S/C16H20O4/c1-18-15(17)14-13(11-12-7-3-2-4-8-12)19-16(20-14)9-5-6-10-16/h2-4,7-8,13-14H,5-6,9-11H2,1H3. The summed E-state index contributed by atoms with van der Waals surface area (Å²) in [5.74, 6) is -0.895. The van der Waals surface area contributed by atoms with Crippen molar-refractivity contribution >= 4 is 5.97 Å². The van der Waals surface area contributed by atoms with Crippen LogP contribution in [0.1, 0.15) is 31.2 Å². The first-order chi connectivity index (χ1) is 9.72. The summed E-state index contributed by atoms with van der Waals surface area (Å²) < 4.78 is 16.9. The van der Waals surface area contributed by atoms with Gasteiger partial charge in [-0.15, -0.1) is 0 Å². The molecule has 20 heavy (non-hydrogen) atoms. The Morgan fingerprint density at radius 1 is 1.25 bits per heavy atom. The number of ether oxygens (including phenoxy) is 3. The maximum Gasteiger partial charge on any atom is 0.337 e. The molecule has 1 aliphatic carbocycles. The molecule has 3 rings (SSSR count). The molecule has 0 amide bonds. The second-order valence-corrected chi connectivity index (χ2v) is 5.53. The van der Waals surface area contributed by atoms with Crippen LogP contribution in [0.4, 0.5) is 0 Å². The van der Waals surface area contributed by atoms with E-state index in [0.29, 0.717) is 6.42 Å². The molecule has 2 atom stereocenters. The van der Waals surface area contributed by atoms with Crippen molar-refractivity contribution in [1.82, 2.24) is 0 Å². The third-order valence-electron chi connectivity index (χ3n) is 4.12. The maximum atomic E-state index is 11.9. The molecule has 1 aromatic rings. The van der Waals surface area contributed by atoms with E-state index in [1.807, 2.05) is 30.3 Å². The molecule has 0 aromatic heterocycles. The molecule has 1 saturated heterocycles. The summed E-state index contributed by atoms with van der Waals surface area (Å²) in [7, 11) is 1.39. The predicted molar refractivity (Wildman–Crippen MR) is 73.1 cm³/mol. The van der Waals surface area contributed by atoms with Crippen molar-refractivity contribution in [1.29, 1.82) is 0 Å². The van der Waals surface area contributed by atoms with Crippen LogP contribution in [0.25, 0.3) is 0 Å². The molecule has 0 N–H and O–H groups in total. The Hall–Kier alpha value is -1.39. The maximum absolute atomic E-state index is 11.9. The summed E-state index contributed by atoms with van der Waals surface area (Å²) in [5, 5.41) is 0. The number of benzene rings is 1. The van der Waals surface area contributed by atoms with Crippen LogP contribution in [0.2, 0.25) is 0 Å². The SMILES string of the molecule is COC(=O)C1OC2(CCCC2)OC1Cc1ccccc1. The van der Waals surface area contributed by atoms with Crippen LogP contribution in [0.15, 0.2) is 30.3 Å².